The van der Waals surface area contributed by atoms with Crippen molar-refractivity contribution in [2.75, 3.05) is 45.8 Å². The van der Waals surface area contributed by atoms with E-state index < -0.39 is 11.9 Å². The number of methoxy groups -OCH3 is 2. The topological polar surface area (TPSA) is 191 Å². The average molecular weight is 516 g/mol. The third-order valence-corrected chi connectivity index (χ3v) is 4.92. The van der Waals surface area contributed by atoms with E-state index in [1.165, 1.54) is 26.4 Å². The Hall–Kier alpha value is -3.29. The van der Waals surface area contributed by atoms with Crippen LogP contribution < -0.4 is 42.4 Å². The van der Waals surface area contributed by atoms with Crippen LogP contribution in [-0.4, -0.2) is 70.2 Å². The van der Waals surface area contributed by atoms with Gasteiger partial charge in [-0.05, 0) is 44.4 Å². The van der Waals surface area contributed by atoms with Crippen LogP contribution in [0.25, 0.3) is 0 Å². The van der Waals surface area contributed by atoms with Crippen LogP contribution in [0.5, 0.6) is 11.5 Å². The Morgan fingerprint density at radius 2 is 1.83 bits per heavy atom. The molecule has 0 aliphatic carbocycles. The van der Waals surface area contributed by atoms with Gasteiger partial charge >= 0.3 is 5.97 Å². The number of guanidine groups is 1. The molecule has 1 atom stereocenters. The monoisotopic (exact) mass is 515 g/mol. The summed E-state index contributed by atoms with van der Waals surface area (Å²) in [6, 6.07) is 2.63. The molecule has 1 fully saturated rings. The molecule has 0 saturated carbocycles. The van der Waals surface area contributed by atoms with Crippen molar-refractivity contribution >= 4 is 41.8 Å². The molecule has 1 heterocycles. The van der Waals surface area contributed by atoms with Crippen molar-refractivity contribution in [2.24, 2.45) is 16.5 Å². The minimum absolute atomic E-state index is 0. The number of unbranched alkanes of at least 4 members (excludes halogenated alkanes) is 1. The van der Waals surface area contributed by atoms with Crippen molar-refractivity contribution in [3.63, 3.8) is 0 Å². The highest BCUT2D eigenvalue weighted by Crippen LogP contribution is 2.36. The zero-order chi connectivity index (χ0) is 24.9. The summed E-state index contributed by atoms with van der Waals surface area (Å²) >= 11 is 0. The summed E-state index contributed by atoms with van der Waals surface area (Å²) in [6.45, 7) is 1.25. The van der Waals surface area contributed by atoms with Gasteiger partial charge in [-0.15, -0.1) is 12.4 Å². The van der Waals surface area contributed by atoms with Gasteiger partial charge in [0.2, 0.25) is 5.91 Å². The number of rotatable bonds is 13. The van der Waals surface area contributed by atoms with Gasteiger partial charge in [0.15, 0.2) is 5.96 Å². The van der Waals surface area contributed by atoms with Crippen LogP contribution in [-0.2, 0) is 14.3 Å². The third kappa shape index (κ3) is 9.84. The van der Waals surface area contributed by atoms with E-state index in [1.54, 1.807) is 0 Å². The molecule has 196 valence electrons. The van der Waals surface area contributed by atoms with Crippen LogP contribution in [0.1, 0.15) is 36.0 Å². The molecule has 35 heavy (non-hydrogen) atoms. The Bertz CT molecular complexity index is 864. The zero-order valence-corrected chi connectivity index (χ0v) is 20.7. The Balaban J connectivity index is 0.00000612. The fourth-order valence-electron chi connectivity index (χ4n) is 3.21. The molecule has 0 radical (unpaired) electrons. The molecule has 8 N–H and O–H groups in total. The number of hydrogen-bond donors (Lipinski definition) is 6. The van der Waals surface area contributed by atoms with Crippen LogP contribution in [0.2, 0.25) is 0 Å². The molecule has 2 rings (SSSR count). The van der Waals surface area contributed by atoms with Crippen molar-refractivity contribution in [3.05, 3.63) is 17.7 Å². The number of hydrazine groups is 1. The normalized spacial score (nSPS) is 14.3. The molecule has 13 nitrogen and oxygen atoms in total. The number of anilines is 1. The van der Waals surface area contributed by atoms with Gasteiger partial charge in [0.05, 0.1) is 39.0 Å². The smallest absolute Gasteiger partial charge is 0.338 e. The lowest BCUT2D eigenvalue weighted by Gasteiger charge is -2.16. The lowest BCUT2D eigenvalue weighted by molar-refractivity contribution is -0.124. The standard InChI is InChI=1S/C21H33N7O6.ClH/c1-32-15-10-13(20(31)34-9-4-3-7-25-21(22)23)11-16(33-2)18(15)27-17(29)12-26-28-19(30)14-6-5-8-24-14;/h10-11,14,24,26H,3-9,12H2,1-2H3,(H,27,29)(H,28,30)(H4,22,23,25);1H/t14-;/m0./s1. The highest BCUT2D eigenvalue weighted by atomic mass is 35.5. The number of halogens is 1. The molecule has 0 bridgehead atoms. The van der Waals surface area contributed by atoms with E-state index in [2.05, 4.69) is 26.5 Å². The predicted octanol–water partition coefficient (Wildman–Crippen LogP) is -0.353. The van der Waals surface area contributed by atoms with E-state index in [1.807, 2.05) is 0 Å². The lowest BCUT2D eigenvalue weighted by Crippen LogP contribution is -2.49. The zero-order valence-electron chi connectivity index (χ0n) is 19.8. The first-order valence-electron chi connectivity index (χ1n) is 10.9. The number of carbonyl (C=O) groups excluding carboxylic acids is 3. The summed E-state index contributed by atoms with van der Waals surface area (Å²) in [5, 5.41) is 5.73. The molecule has 0 spiro atoms. The summed E-state index contributed by atoms with van der Waals surface area (Å²) in [5.74, 6) is -0.795. The second-order valence-electron chi connectivity index (χ2n) is 7.45. The van der Waals surface area contributed by atoms with Crippen molar-refractivity contribution in [2.45, 2.75) is 31.7 Å². The fraction of sp³-hybridized carbons (Fsp3) is 0.524. The first-order valence-corrected chi connectivity index (χ1v) is 10.9. The van der Waals surface area contributed by atoms with Gasteiger partial charge in [-0.1, -0.05) is 0 Å². The number of nitrogens with zero attached hydrogens (tertiary/aromatic N) is 1. The number of aliphatic imine (C=N–C) groups is 1. The van der Waals surface area contributed by atoms with Crippen molar-refractivity contribution in [3.8, 4) is 11.5 Å². The number of ether oxygens (including phenoxy) is 3. The highest BCUT2D eigenvalue weighted by molar-refractivity contribution is 5.98. The SMILES string of the molecule is COc1cc(C(=O)OCCCCN=C(N)N)cc(OC)c1NC(=O)CNNC(=O)[C@@H]1CCCN1.Cl. The van der Waals surface area contributed by atoms with Gasteiger partial charge in [0.25, 0.3) is 5.91 Å². The number of amides is 2. The summed E-state index contributed by atoms with van der Waals surface area (Å²) in [5.41, 5.74) is 16.1. The molecule has 1 aromatic carbocycles. The number of hydrogen-bond acceptors (Lipinski definition) is 9. The van der Waals surface area contributed by atoms with Gasteiger partial charge < -0.3 is 36.3 Å². The minimum atomic E-state index is -0.568. The summed E-state index contributed by atoms with van der Waals surface area (Å²) < 4.78 is 15.9. The first-order chi connectivity index (χ1) is 16.3. The first kappa shape index (κ1) is 29.7. The molecule has 1 aromatic rings. The van der Waals surface area contributed by atoms with Crippen LogP contribution in [0.3, 0.4) is 0 Å². The summed E-state index contributed by atoms with van der Waals surface area (Å²) in [4.78, 5) is 40.6. The number of nitrogens with one attached hydrogen (secondary N) is 4. The molecule has 1 saturated heterocycles. The van der Waals surface area contributed by atoms with E-state index in [0.29, 0.717) is 19.4 Å². The molecule has 14 heteroatoms. The largest absolute Gasteiger partial charge is 0.494 e. The number of benzene rings is 1. The lowest BCUT2D eigenvalue weighted by atomic mass is 10.1. The maximum atomic E-state index is 12.4. The maximum absolute atomic E-state index is 12.4. The molecule has 1 aliphatic heterocycles. The fourth-order valence-corrected chi connectivity index (χ4v) is 3.21. The van der Waals surface area contributed by atoms with Gasteiger partial charge in [0, 0.05) is 6.54 Å². The van der Waals surface area contributed by atoms with Crippen molar-refractivity contribution < 1.29 is 28.6 Å². The molecule has 0 aromatic heterocycles. The second kappa shape index (κ2) is 15.6. The highest BCUT2D eigenvalue weighted by Gasteiger charge is 2.22. The van der Waals surface area contributed by atoms with Crippen LogP contribution in [0.4, 0.5) is 5.69 Å². The van der Waals surface area contributed by atoms with Gasteiger partial charge in [-0.2, -0.15) is 0 Å². The summed E-state index contributed by atoms with van der Waals surface area (Å²) in [6.07, 6.45) is 2.93. The quantitative estimate of drug-likeness (QED) is 0.0664. The predicted molar refractivity (Wildman–Crippen MR) is 133 cm³/mol. The second-order valence-corrected chi connectivity index (χ2v) is 7.45. The van der Waals surface area contributed by atoms with Gasteiger partial charge in [-0.3, -0.25) is 20.0 Å². The average Bonchev–Trinajstić information content (AvgIpc) is 3.36. The molecule has 1 aliphatic rings. The molecular formula is C21H34ClN7O6. The van der Waals surface area contributed by atoms with Crippen LogP contribution in [0, 0.1) is 0 Å². The summed E-state index contributed by atoms with van der Waals surface area (Å²) in [7, 11) is 2.80. The Kier molecular flexibility index (Phi) is 13.2. The Labute approximate surface area is 210 Å². The van der Waals surface area contributed by atoms with Crippen molar-refractivity contribution in [1.29, 1.82) is 0 Å². The number of nitrogens with two attached hydrogens (primary N) is 2. The van der Waals surface area contributed by atoms with E-state index in [-0.39, 0.29) is 66.2 Å². The minimum Gasteiger partial charge on any atom is -0.494 e. The van der Waals surface area contributed by atoms with Crippen LogP contribution in [0.15, 0.2) is 17.1 Å². The van der Waals surface area contributed by atoms with E-state index in [9.17, 15) is 14.4 Å². The maximum Gasteiger partial charge on any atom is 0.338 e. The number of carbonyl (C=O) groups is 3. The Morgan fingerprint density at radius 1 is 1.14 bits per heavy atom. The van der Waals surface area contributed by atoms with E-state index in [4.69, 9.17) is 25.7 Å². The molecule has 0 unspecified atom stereocenters. The Morgan fingerprint density at radius 3 is 2.40 bits per heavy atom. The third-order valence-electron chi connectivity index (χ3n) is 4.92. The molecule has 2 amide bonds. The van der Waals surface area contributed by atoms with E-state index in [0.717, 1.165) is 19.4 Å². The van der Waals surface area contributed by atoms with Gasteiger partial charge in [0.1, 0.15) is 17.2 Å². The number of esters is 1. The van der Waals surface area contributed by atoms with E-state index >= 15 is 0 Å². The molecular weight excluding hydrogens is 482 g/mol. The van der Waals surface area contributed by atoms with Crippen molar-refractivity contribution in [1.82, 2.24) is 16.2 Å². The van der Waals surface area contributed by atoms with Gasteiger partial charge in [-0.25, -0.2) is 10.2 Å². The van der Waals surface area contributed by atoms with Crippen LogP contribution >= 0.6 is 12.4 Å².